The molecule has 0 amide bonds. The smallest absolute Gasteiger partial charge is 0.124 e. The minimum Gasteiger partial charge on any atom is -0.236 e. The molecule has 0 saturated heterocycles. The molecule has 0 aliphatic carbocycles. The summed E-state index contributed by atoms with van der Waals surface area (Å²) in [6.45, 7) is 0. The quantitative estimate of drug-likeness (QED) is 0.369. The maximum atomic E-state index is 8.95. The topological polar surface area (TPSA) is 73.4 Å². The highest BCUT2D eigenvalue weighted by Gasteiger charge is 2.12. The molecule has 0 N–H and O–H groups in total. The standard InChI is InChI=1S/C22H10N4S2/c23-11-13-1-5-15(6-2-13)21-25-17-9-20-18(10-19(17)27-21)26-22(28-20)16-7-3-14(12-24)4-8-16/h1-10H. The second kappa shape index (κ2) is 6.54. The Bertz CT molecular complexity index is 1250. The molecule has 0 atom stereocenters. The van der Waals surface area contributed by atoms with Gasteiger partial charge in [0.15, 0.2) is 0 Å². The number of aromatic nitrogens is 2. The minimum atomic E-state index is 0.643. The van der Waals surface area contributed by atoms with E-state index in [0.29, 0.717) is 11.1 Å². The molecule has 5 aromatic rings. The average Bonchev–Trinajstić information content (AvgIpc) is 3.35. The molecule has 5 rings (SSSR count). The molecule has 0 unspecified atom stereocenters. The van der Waals surface area contributed by atoms with Crippen LogP contribution in [0.5, 0.6) is 0 Å². The average molecular weight is 394 g/mol. The summed E-state index contributed by atoms with van der Waals surface area (Å²) in [5.41, 5.74) is 5.21. The lowest BCUT2D eigenvalue weighted by Gasteiger charge is -1.94. The van der Waals surface area contributed by atoms with Gasteiger partial charge in [-0.25, -0.2) is 9.97 Å². The third-order valence-corrected chi connectivity index (χ3v) is 6.55. The van der Waals surface area contributed by atoms with Gasteiger partial charge in [-0.3, -0.25) is 0 Å². The van der Waals surface area contributed by atoms with Crippen LogP contribution < -0.4 is 0 Å². The van der Waals surface area contributed by atoms with Gasteiger partial charge in [0.25, 0.3) is 0 Å². The van der Waals surface area contributed by atoms with E-state index < -0.39 is 0 Å². The van der Waals surface area contributed by atoms with E-state index in [0.717, 1.165) is 41.6 Å². The number of hydrogen-bond acceptors (Lipinski definition) is 6. The monoisotopic (exact) mass is 394 g/mol. The van der Waals surface area contributed by atoms with Gasteiger partial charge in [0, 0.05) is 11.1 Å². The van der Waals surface area contributed by atoms with Gasteiger partial charge in [0.1, 0.15) is 10.0 Å². The molecule has 0 spiro atoms. The summed E-state index contributed by atoms with van der Waals surface area (Å²) in [6.07, 6.45) is 0. The van der Waals surface area contributed by atoms with Crippen LogP contribution in [0.1, 0.15) is 11.1 Å². The van der Waals surface area contributed by atoms with Gasteiger partial charge in [-0.15, -0.1) is 22.7 Å². The number of hydrogen-bond donors (Lipinski definition) is 0. The van der Waals surface area contributed by atoms with Crippen molar-refractivity contribution in [1.82, 2.24) is 9.97 Å². The van der Waals surface area contributed by atoms with E-state index in [-0.39, 0.29) is 0 Å². The highest BCUT2D eigenvalue weighted by Crippen LogP contribution is 2.36. The molecule has 0 aliphatic rings. The first-order valence-corrected chi connectivity index (χ1v) is 10.1. The molecule has 6 heteroatoms. The van der Waals surface area contributed by atoms with Crippen molar-refractivity contribution in [3.63, 3.8) is 0 Å². The number of rotatable bonds is 2. The lowest BCUT2D eigenvalue weighted by molar-refractivity contribution is 1.45. The molecular weight excluding hydrogens is 384 g/mol. The molecule has 0 radical (unpaired) electrons. The highest BCUT2D eigenvalue weighted by molar-refractivity contribution is 7.23. The first-order valence-electron chi connectivity index (χ1n) is 8.46. The molecule has 28 heavy (non-hydrogen) atoms. The summed E-state index contributed by atoms with van der Waals surface area (Å²) < 4.78 is 2.17. The summed E-state index contributed by atoms with van der Waals surface area (Å²) in [5, 5.41) is 19.8. The van der Waals surface area contributed by atoms with Crippen LogP contribution in [0.25, 0.3) is 41.6 Å². The van der Waals surface area contributed by atoms with Crippen LogP contribution in [0.2, 0.25) is 0 Å². The zero-order chi connectivity index (χ0) is 19.1. The number of nitriles is 2. The second-order valence-corrected chi connectivity index (χ2v) is 8.27. The summed E-state index contributed by atoms with van der Waals surface area (Å²) in [7, 11) is 0. The Kier molecular flexibility index (Phi) is 3.87. The van der Waals surface area contributed by atoms with Crippen molar-refractivity contribution in [1.29, 1.82) is 10.5 Å². The number of thiazole rings is 2. The van der Waals surface area contributed by atoms with Crippen molar-refractivity contribution < 1.29 is 0 Å². The maximum Gasteiger partial charge on any atom is 0.124 e. The highest BCUT2D eigenvalue weighted by atomic mass is 32.1. The van der Waals surface area contributed by atoms with Crippen LogP contribution in [-0.2, 0) is 0 Å². The van der Waals surface area contributed by atoms with Crippen molar-refractivity contribution in [3.05, 3.63) is 71.8 Å². The zero-order valence-corrected chi connectivity index (χ0v) is 16.0. The van der Waals surface area contributed by atoms with Crippen LogP contribution in [-0.4, -0.2) is 9.97 Å². The first-order chi connectivity index (χ1) is 13.7. The normalized spacial score (nSPS) is 10.8. The molecule has 0 bridgehead atoms. The third-order valence-electron chi connectivity index (χ3n) is 4.42. The summed E-state index contributed by atoms with van der Waals surface area (Å²) in [6, 6.07) is 23.4. The Morgan fingerprint density at radius 3 is 1.36 bits per heavy atom. The molecule has 0 aliphatic heterocycles. The molecule has 0 saturated carbocycles. The first kappa shape index (κ1) is 16.6. The van der Waals surface area contributed by atoms with E-state index in [9.17, 15) is 0 Å². The van der Waals surface area contributed by atoms with Crippen molar-refractivity contribution in [3.8, 4) is 33.3 Å². The Labute approximate surface area is 168 Å². The Balaban J connectivity index is 1.56. The summed E-state index contributed by atoms with van der Waals surface area (Å²) >= 11 is 3.25. The molecular formula is C22H10N4S2. The van der Waals surface area contributed by atoms with Crippen LogP contribution in [0.4, 0.5) is 0 Å². The van der Waals surface area contributed by atoms with Crippen molar-refractivity contribution in [2.75, 3.05) is 0 Å². The van der Waals surface area contributed by atoms with Crippen molar-refractivity contribution >= 4 is 43.1 Å². The van der Waals surface area contributed by atoms with Crippen LogP contribution in [0.15, 0.2) is 60.7 Å². The van der Waals surface area contributed by atoms with Crippen molar-refractivity contribution in [2.45, 2.75) is 0 Å². The summed E-state index contributed by atoms with van der Waals surface area (Å²) in [4.78, 5) is 9.54. The molecule has 4 nitrogen and oxygen atoms in total. The third kappa shape index (κ3) is 2.82. The Hall–Kier alpha value is -3.58. The predicted octanol–water partition coefficient (Wildman–Crippen LogP) is 5.98. The maximum absolute atomic E-state index is 8.95. The largest absolute Gasteiger partial charge is 0.236 e. The second-order valence-electron chi connectivity index (χ2n) is 6.20. The Morgan fingerprint density at radius 2 is 1.00 bits per heavy atom. The fourth-order valence-electron chi connectivity index (χ4n) is 2.97. The van der Waals surface area contributed by atoms with E-state index in [1.165, 1.54) is 0 Å². The van der Waals surface area contributed by atoms with Gasteiger partial charge in [-0.05, 0) is 36.4 Å². The van der Waals surface area contributed by atoms with Gasteiger partial charge in [-0.2, -0.15) is 10.5 Å². The van der Waals surface area contributed by atoms with Gasteiger partial charge in [-0.1, -0.05) is 24.3 Å². The summed E-state index contributed by atoms with van der Waals surface area (Å²) in [5.74, 6) is 0. The predicted molar refractivity (Wildman–Crippen MR) is 113 cm³/mol. The fourth-order valence-corrected chi connectivity index (χ4v) is 4.94. The lowest BCUT2D eigenvalue weighted by Crippen LogP contribution is -1.77. The van der Waals surface area contributed by atoms with Gasteiger partial charge >= 0.3 is 0 Å². The van der Waals surface area contributed by atoms with Crippen LogP contribution in [0.3, 0.4) is 0 Å². The van der Waals surface area contributed by atoms with Gasteiger partial charge < -0.3 is 0 Å². The van der Waals surface area contributed by atoms with E-state index >= 15 is 0 Å². The van der Waals surface area contributed by atoms with E-state index in [1.54, 1.807) is 22.7 Å². The molecule has 0 fully saturated rings. The minimum absolute atomic E-state index is 0.643. The van der Waals surface area contributed by atoms with Gasteiger partial charge in [0.05, 0.1) is 43.7 Å². The van der Waals surface area contributed by atoms with Gasteiger partial charge in [0.2, 0.25) is 0 Å². The lowest BCUT2D eigenvalue weighted by atomic mass is 10.1. The molecule has 3 aromatic carbocycles. The van der Waals surface area contributed by atoms with E-state index in [2.05, 4.69) is 24.3 Å². The number of benzene rings is 3. The fraction of sp³-hybridized carbons (Fsp3) is 0. The van der Waals surface area contributed by atoms with Crippen molar-refractivity contribution in [2.24, 2.45) is 0 Å². The van der Waals surface area contributed by atoms with Crippen LogP contribution >= 0.6 is 22.7 Å². The number of fused-ring (bicyclic) bond motifs is 2. The molecule has 2 aromatic heterocycles. The molecule has 130 valence electrons. The van der Waals surface area contributed by atoms with Crippen LogP contribution in [0, 0.1) is 22.7 Å². The van der Waals surface area contributed by atoms with E-state index in [4.69, 9.17) is 20.5 Å². The zero-order valence-electron chi connectivity index (χ0n) is 14.4. The van der Waals surface area contributed by atoms with E-state index in [1.807, 2.05) is 48.5 Å². The number of nitrogens with zero attached hydrogens (tertiary/aromatic N) is 4. The Morgan fingerprint density at radius 1 is 0.607 bits per heavy atom. The molecule has 2 heterocycles. The SMILES string of the molecule is N#Cc1ccc(-c2nc3cc4sc(-c5ccc(C#N)cc5)nc4cc3s2)cc1.